The SMILES string of the molecule is CCC(CN)C(=O)Cc1cc(C)nn1C. The summed E-state index contributed by atoms with van der Waals surface area (Å²) in [5.41, 5.74) is 7.45. The number of rotatable bonds is 5. The molecule has 0 aromatic carbocycles. The van der Waals surface area contributed by atoms with Crippen LogP contribution in [0.2, 0.25) is 0 Å². The summed E-state index contributed by atoms with van der Waals surface area (Å²) < 4.78 is 1.76. The molecule has 0 aliphatic carbocycles. The van der Waals surface area contributed by atoms with Crippen molar-refractivity contribution in [1.29, 1.82) is 0 Å². The minimum Gasteiger partial charge on any atom is -0.330 e. The van der Waals surface area contributed by atoms with Gasteiger partial charge < -0.3 is 5.73 Å². The molecular formula is C11H19N3O. The Balaban J connectivity index is 2.69. The largest absolute Gasteiger partial charge is 0.330 e. The van der Waals surface area contributed by atoms with Crippen molar-refractivity contribution in [2.24, 2.45) is 18.7 Å². The first-order valence-corrected chi connectivity index (χ1v) is 5.30. The van der Waals surface area contributed by atoms with Crippen LogP contribution in [0.5, 0.6) is 0 Å². The number of carbonyl (C=O) groups is 1. The van der Waals surface area contributed by atoms with Crippen LogP contribution in [0.1, 0.15) is 24.7 Å². The van der Waals surface area contributed by atoms with Gasteiger partial charge in [0.15, 0.2) is 0 Å². The van der Waals surface area contributed by atoms with Gasteiger partial charge in [-0.05, 0) is 19.4 Å². The van der Waals surface area contributed by atoms with Crippen LogP contribution in [0.4, 0.5) is 0 Å². The van der Waals surface area contributed by atoms with Gasteiger partial charge in [-0.3, -0.25) is 9.48 Å². The summed E-state index contributed by atoms with van der Waals surface area (Å²) in [6.45, 7) is 4.35. The van der Waals surface area contributed by atoms with Crippen molar-refractivity contribution < 1.29 is 4.79 Å². The molecule has 1 heterocycles. The number of aromatic nitrogens is 2. The molecule has 4 heteroatoms. The quantitative estimate of drug-likeness (QED) is 0.781. The van der Waals surface area contributed by atoms with Crippen LogP contribution in [-0.4, -0.2) is 22.1 Å². The second kappa shape index (κ2) is 5.07. The molecule has 0 bridgehead atoms. The molecule has 1 aromatic rings. The minimum absolute atomic E-state index is 0.0137. The number of hydrogen-bond acceptors (Lipinski definition) is 3. The van der Waals surface area contributed by atoms with E-state index in [1.807, 2.05) is 27.0 Å². The maximum absolute atomic E-state index is 11.8. The highest BCUT2D eigenvalue weighted by molar-refractivity contribution is 5.83. The standard InChI is InChI=1S/C11H19N3O/c1-4-9(7-12)11(15)6-10-5-8(2)13-14(10)3/h5,9H,4,6-7,12H2,1-3H3. The van der Waals surface area contributed by atoms with Crippen LogP contribution in [0, 0.1) is 12.8 Å². The number of ketones is 1. The monoisotopic (exact) mass is 209 g/mol. The van der Waals surface area contributed by atoms with Crippen LogP contribution in [0.15, 0.2) is 6.07 Å². The molecule has 1 aromatic heterocycles. The van der Waals surface area contributed by atoms with Crippen LogP contribution in [0.25, 0.3) is 0 Å². The fourth-order valence-corrected chi connectivity index (χ4v) is 1.68. The molecule has 1 atom stereocenters. The molecular weight excluding hydrogens is 190 g/mol. The number of hydrogen-bond donors (Lipinski definition) is 1. The Morgan fingerprint density at radius 3 is 2.73 bits per heavy atom. The summed E-state index contributed by atoms with van der Waals surface area (Å²) in [4.78, 5) is 11.8. The van der Waals surface area contributed by atoms with Gasteiger partial charge in [0.05, 0.1) is 5.69 Å². The maximum Gasteiger partial charge on any atom is 0.143 e. The molecule has 1 unspecified atom stereocenters. The first kappa shape index (κ1) is 11.9. The van der Waals surface area contributed by atoms with Crippen molar-refractivity contribution >= 4 is 5.78 Å². The van der Waals surface area contributed by atoms with Crippen molar-refractivity contribution in [2.75, 3.05) is 6.54 Å². The normalized spacial score (nSPS) is 12.8. The summed E-state index contributed by atoms with van der Waals surface area (Å²) >= 11 is 0. The predicted molar refractivity (Wildman–Crippen MR) is 59.5 cm³/mol. The Kier molecular flexibility index (Phi) is 4.03. The van der Waals surface area contributed by atoms with Crippen LogP contribution < -0.4 is 5.73 Å². The van der Waals surface area contributed by atoms with E-state index in [9.17, 15) is 4.79 Å². The first-order valence-electron chi connectivity index (χ1n) is 5.30. The van der Waals surface area contributed by atoms with Gasteiger partial charge in [0.25, 0.3) is 0 Å². The van der Waals surface area contributed by atoms with Gasteiger partial charge in [-0.1, -0.05) is 6.92 Å². The molecule has 0 radical (unpaired) electrons. The molecule has 0 fully saturated rings. The highest BCUT2D eigenvalue weighted by atomic mass is 16.1. The van der Waals surface area contributed by atoms with Crippen molar-refractivity contribution in [3.05, 3.63) is 17.5 Å². The number of nitrogens with two attached hydrogens (primary N) is 1. The average Bonchev–Trinajstić information content (AvgIpc) is 2.47. The molecule has 0 saturated heterocycles. The van der Waals surface area contributed by atoms with E-state index in [-0.39, 0.29) is 11.7 Å². The van der Waals surface area contributed by atoms with Crippen molar-refractivity contribution in [1.82, 2.24) is 9.78 Å². The molecule has 2 N–H and O–H groups in total. The lowest BCUT2D eigenvalue weighted by Crippen LogP contribution is -2.25. The van der Waals surface area contributed by atoms with E-state index >= 15 is 0 Å². The molecule has 0 saturated carbocycles. The molecule has 0 aliphatic rings. The minimum atomic E-state index is -0.0137. The second-order valence-electron chi connectivity index (χ2n) is 3.88. The number of Topliss-reactive ketones (excluding diaryl/α,β-unsaturated/α-hetero) is 1. The lowest BCUT2D eigenvalue weighted by atomic mass is 9.98. The summed E-state index contributed by atoms with van der Waals surface area (Å²) in [6.07, 6.45) is 1.25. The summed E-state index contributed by atoms with van der Waals surface area (Å²) in [7, 11) is 1.86. The van der Waals surface area contributed by atoms with Crippen LogP contribution in [-0.2, 0) is 18.3 Å². The Morgan fingerprint density at radius 2 is 2.33 bits per heavy atom. The zero-order valence-corrected chi connectivity index (χ0v) is 9.66. The van der Waals surface area contributed by atoms with Gasteiger partial charge in [-0.2, -0.15) is 5.10 Å². The Labute approximate surface area is 90.5 Å². The highest BCUT2D eigenvalue weighted by Crippen LogP contribution is 2.09. The van der Waals surface area contributed by atoms with Gasteiger partial charge in [0, 0.05) is 31.6 Å². The van der Waals surface area contributed by atoms with Gasteiger partial charge in [0.1, 0.15) is 5.78 Å². The van der Waals surface area contributed by atoms with Crippen LogP contribution >= 0.6 is 0 Å². The maximum atomic E-state index is 11.8. The Hall–Kier alpha value is -1.16. The lowest BCUT2D eigenvalue weighted by molar-refractivity contribution is -0.122. The molecule has 15 heavy (non-hydrogen) atoms. The van der Waals surface area contributed by atoms with E-state index in [1.54, 1.807) is 4.68 Å². The van der Waals surface area contributed by atoms with E-state index in [0.717, 1.165) is 17.8 Å². The average molecular weight is 209 g/mol. The topological polar surface area (TPSA) is 60.9 Å². The van der Waals surface area contributed by atoms with E-state index in [4.69, 9.17) is 5.73 Å². The Morgan fingerprint density at radius 1 is 1.67 bits per heavy atom. The zero-order chi connectivity index (χ0) is 11.4. The van der Waals surface area contributed by atoms with Crippen molar-refractivity contribution in [3.8, 4) is 0 Å². The van der Waals surface area contributed by atoms with Crippen molar-refractivity contribution in [2.45, 2.75) is 26.7 Å². The van der Waals surface area contributed by atoms with E-state index in [2.05, 4.69) is 5.10 Å². The van der Waals surface area contributed by atoms with E-state index < -0.39 is 0 Å². The predicted octanol–water partition coefficient (Wildman–Crippen LogP) is 0.825. The molecule has 84 valence electrons. The van der Waals surface area contributed by atoms with Crippen molar-refractivity contribution in [3.63, 3.8) is 0 Å². The smallest absolute Gasteiger partial charge is 0.143 e. The molecule has 4 nitrogen and oxygen atoms in total. The summed E-state index contributed by atoms with van der Waals surface area (Å²) in [5, 5.41) is 4.21. The van der Waals surface area contributed by atoms with Gasteiger partial charge in [-0.15, -0.1) is 0 Å². The molecule has 1 rings (SSSR count). The van der Waals surface area contributed by atoms with Gasteiger partial charge in [-0.25, -0.2) is 0 Å². The number of aryl methyl sites for hydroxylation is 2. The third-order valence-electron chi connectivity index (χ3n) is 2.69. The first-order chi connectivity index (χ1) is 7.08. The Bertz CT molecular complexity index is 340. The third kappa shape index (κ3) is 2.89. The van der Waals surface area contributed by atoms with Gasteiger partial charge in [0.2, 0.25) is 0 Å². The van der Waals surface area contributed by atoms with Gasteiger partial charge >= 0.3 is 0 Å². The highest BCUT2D eigenvalue weighted by Gasteiger charge is 2.16. The second-order valence-corrected chi connectivity index (χ2v) is 3.88. The molecule has 0 aliphatic heterocycles. The van der Waals surface area contributed by atoms with Crippen LogP contribution in [0.3, 0.4) is 0 Å². The fraction of sp³-hybridized carbons (Fsp3) is 0.636. The van der Waals surface area contributed by atoms with E-state index in [0.29, 0.717) is 13.0 Å². The van der Waals surface area contributed by atoms with E-state index in [1.165, 1.54) is 0 Å². The lowest BCUT2D eigenvalue weighted by Gasteiger charge is -2.10. The number of nitrogens with zero attached hydrogens (tertiary/aromatic N) is 2. The molecule has 0 spiro atoms. The summed E-state index contributed by atoms with van der Waals surface area (Å²) in [6, 6.07) is 1.95. The zero-order valence-electron chi connectivity index (χ0n) is 9.66. The third-order valence-corrected chi connectivity index (χ3v) is 2.69. The fourth-order valence-electron chi connectivity index (χ4n) is 1.68. The number of carbonyl (C=O) groups excluding carboxylic acids is 1. The molecule has 0 amide bonds. The summed E-state index contributed by atoms with van der Waals surface area (Å²) in [5.74, 6) is 0.197.